The predicted octanol–water partition coefficient (Wildman–Crippen LogP) is -0.160. The van der Waals surface area contributed by atoms with Crippen LogP contribution in [-0.4, -0.2) is 30.3 Å². The van der Waals surface area contributed by atoms with Crippen LogP contribution in [-0.2, 0) is 0 Å². The summed E-state index contributed by atoms with van der Waals surface area (Å²) in [6, 6.07) is 0. The Balaban J connectivity index is 2.15. The molecule has 0 radical (unpaired) electrons. The first-order valence-electron chi connectivity index (χ1n) is 4.86. The quantitative estimate of drug-likeness (QED) is 0.540. The first kappa shape index (κ1) is 8.48. The maximum Gasteiger partial charge on any atom is 0.0962 e. The van der Waals surface area contributed by atoms with E-state index >= 15 is 0 Å². The van der Waals surface area contributed by atoms with Gasteiger partial charge in [0.2, 0.25) is 0 Å². The molecule has 1 aliphatic heterocycles. The normalized spacial score (nSPS) is 31.5. The fraction of sp³-hybridized carbons (Fsp3) is 1.00. The minimum Gasteiger partial charge on any atom is -0.387 e. The van der Waals surface area contributed by atoms with Gasteiger partial charge in [-0.3, -0.25) is 0 Å². The van der Waals surface area contributed by atoms with E-state index in [2.05, 4.69) is 5.32 Å². The van der Waals surface area contributed by atoms with Crippen molar-refractivity contribution in [1.82, 2.24) is 5.32 Å². The fourth-order valence-corrected chi connectivity index (χ4v) is 2.65. The highest BCUT2D eigenvalue weighted by Gasteiger charge is 2.53. The molecule has 1 aliphatic carbocycles. The first-order valence-corrected chi connectivity index (χ1v) is 4.86. The number of aliphatic hydroxyl groups is 1. The Kier molecular flexibility index (Phi) is 1.90. The largest absolute Gasteiger partial charge is 0.387 e. The van der Waals surface area contributed by atoms with E-state index < -0.39 is 5.60 Å². The van der Waals surface area contributed by atoms with Crippen LogP contribution in [0.15, 0.2) is 0 Å². The third-order valence-electron chi connectivity index (χ3n) is 3.77. The zero-order valence-corrected chi connectivity index (χ0v) is 7.47. The molecule has 2 aliphatic rings. The van der Waals surface area contributed by atoms with Crippen molar-refractivity contribution in [3.63, 3.8) is 0 Å². The van der Waals surface area contributed by atoms with Gasteiger partial charge in [-0.15, -0.1) is 0 Å². The minimum absolute atomic E-state index is 0.0399. The van der Waals surface area contributed by atoms with Crippen molar-refractivity contribution in [1.29, 1.82) is 0 Å². The minimum atomic E-state index is -0.488. The summed E-state index contributed by atoms with van der Waals surface area (Å²) in [5.41, 5.74) is 5.33. The number of β-amino-alcohol motifs (C(OH)–C–C–N with tert-alkyl or cyclic N) is 1. The highest BCUT2D eigenvalue weighted by molar-refractivity contribution is 5.09. The van der Waals surface area contributed by atoms with Gasteiger partial charge in [0, 0.05) is 25.0 Å². The molecular formula is C9H18N2O. The maximum absolute atomic E-state index is 10.2. The van der Waals surface area contributed by atoms with Crippen LogP contribution in [0.4, 0.5) is 0 Å². The fourth-order valence-electron chi connectivity index (χ4n) is 2.65. The summed E-state index contributed by atoms with van der Waals surface area (Å²) in [5, 5.41) is 13.3. The Morgan fingerprint density at radius 1 is 1.25 bits per heavy atom. The summed E-state index contributed by atoms with van der Waals surface area (Å²) in [4.78, 5) is 0. The number of rotatable bonds is 2. The van der Waals surface area contributed by atoms with E-state index in [-0.39, 0.29) is 5.41 Å². The van der Waals surface area contributed by atoms with Gasteiger partial charge >= 0.3 is 0 Å². The summed E-state index contributed by atoms with van der Waals surface area (Å²) in [6.45, 7) is 2.12. The van der Waals surface area contributed by atoms with Gasteiger partial charge in [-0.2, -0.15) is 0 Å². The van der Waals surface area contributed by atoms with Crippen LogP contribution in [0.1, 0.15) is 25.7 Å². The zero-order chi connectivity index (χ0) is 8.66. The molecule has 0 unspecified atom stereocenters. The van der Waals surface area contributed by atoms with Crippen molar-refractivity contribution in [2.24, 2.45) is 11.1 Å². The molecule has 70 valence electrons. The van der Waals surface area contributed by atoms with Crippen molar-refractivity contribution in [3.8, 4) is 0 Å². The Hall–Kier alpha value is -0.120. The highest BCUT2D eigenvalue weighted by Crippen LogP contribution is 2.47. The van der Waals surface area contributed by atoms with Gasteiger partial charge in [0.05, 0.1) is 5.60 Å². The Labute approximate surface area is 73.3 Å². The van der Waals surface area contributed by atoms with E-state index in [0.717, 1.165) is 25.9 Å². The lowest BCUT2D eigenvalue weighted by molar-refractivity contribution is -0.114. The van der Waals surface area contributed by atoms with Crippen LogP contribution in [0.5, 0.6) is 0 Å². The van der Waals surface area contributed by atoms with Gasteiger partial charge < -0.3 is 16.2 Å². The van der Waals surface area contributed by atoms with E-state index in [0.29, 0.717) is 6.54 Å². The topological polar surface area (TPSA) is 58.3 Å². The average molecular weight is 170 g/mol. The van der Waals surface area contributed by atoms with Crippen molar-refractivity contribution in [3.05, 3.63) is 0 Å². The van der Waals surface area contributed by atoms with Crippen molar-refractivity contribution >= 4 is 0 Å². The van der Waals surface area contributed by atoms with Crippen LogP contribution >= 0.6 is 0 Å². The van der Waals surface area contributed by atoms with Crippen LogP contribution in [0, 0.1) is 5.41 Å². The molecule has 2 rings (SSSR count). The lowest BCUT2D eigenvalue weighted by Crippen LogP contribution is -2.69. The lowest BCUT2D eigenvalue weighted by atomic mass is 9.67. The second-order valence-corrected chi connectivity index (χ2v) is 4.33. The Morgan fingerprint density at radius 3 is 2.17 bits per heavy atom. The lowest BCUT2D eigenvalue weighted by Gasteiger charge is -2.51. The molecule has 1 heterocycles. The Morgan fingerprint density at radius 2 is 1.83 bits per heavy atom. The number of hydrogen-bond acceptors (Lipinski definition) is 3. The second kappa shape index (κ2) is 2.69. The SMILES string of the molecule is NCC1(C2(O)CNC2)CCCC1. The molecule has 3 heteroatoms. The molecule has 2 fully saturated rings. The van der Waals surface area contributed by atoms with Gasteiger partial charge in [0.15, 0.2) is 0 Å². The van der Waals surface area contributed by atoms with Crippen molar-refractivity contribution < 1.29 is 5.11 Å². The molecule has 3 nitrogen and oxygen atoms in total. The van der Waals surface area contributed by atoms with Gasteiger partial charge in [0.25, 0.3) is 0 Å². The molecule has 0 amide bonds. The van der Waals surface area contributed by atoms with E-state index in [9.17, 15) is 5.11 Å². The molecule has 12 heavy (non-hydrogen) atoms. The van der Waals surface area contributed by atoms with Gasteiger partial charge in [-0.25, -0.2) is 0 Å². The van der Waals surface area contributed by atoms with Crippen LogP contribution in [0.3, 0.4) is 0 Å². The number of nitrogens with one attached hydrogen (secondary N) is 1. The van der Waals surface area contributed by atoms with Crippen LogP contribution in [0.2, 0.25) is 0 Å². The third kappa shape index (κ3) is 0.934. The first-order chi connectivity index (χ1) is 5.72. The highest BCUT2D eigenvalue weighted by atomic mass is 16.3. The van der Waals surface area contributed by atoms with Crippen molar-refractivity contribution in [2.75, 3.05) is 19.6 Å². The third-order valence-corrected chi connectivity index (χ3v) is 3.77. The van der Waals surface area contributed by atoms with E-state index in [1.807, 2.05) is 0 Å². The van der Waals surface area contributed by atoms with Crippen LogP contribution < -0.4 is 11.1 Å². The molecule has 0 atom stereocenters. The standard InChI is InChI=1S/C9H18N2O/c10-5-8(3-1-2-4-8)9(12)6-11-7-9/h11-12H,1-7,10H2. The van der Waals surface area contributed by atoms with Gasteiger partial charge in [-0.05, 0) is 12.8 Å². The van der Waals surface area contributed by atoms with E-state index in [4.69, 9.17) is 5.73 Å². The summed E-state index contributed by atoms with van der Waals surface area (Å²) >= 11 is 0. The summed E-state index contributed by atoms with van der Waals surface area (Å²) in [7, 11) is 0. The monoisotopic (exact) mass is 170 g/mol. The average Bonchev–Trinajstić information content (AvgIpc) is 2.49. The smallest absolute Gasteiger partial charge is 0.0962 e. The molecule has 4 N–H and O–H groups in total. The number of hydrogen-bond donors (Lipinski definition) is 3. The molecular weight excluding hydrogens is 152 g/mol. The summed E-state index contributed by atoms with van der Waals surface area (Å²) in [6.07, 6.45) is 4.70. The zero-order valence-electron chi connectivity index (χ0n) is 7.47. The van der Waals surface area contributed by atoms with E-state index in [1.54, 1.807) is 0 Å². The van der Waals surface area contributed by atoms with Crippen LogP contribution in [0.25, 0.3) is 0 Å². The number of nitrogens with two attached hydrogens (primary N) is 1. The second-order valence-electron chi connectivity index (χ2n) is 4.33. The Bertz CT molecular complexity index is 171. The molecule has 1 saturated carbocycles. The molecule has 0 bridgehead atoms. The summed E-state index contributed by atoms with van der Waals surface area (Å²) < 4.78 is 0. The predicted molar refractivity (Wildman–Crippen MR) is 47.8 cm³/mol. The van der Waals surface area contributed by atoms with E-state index in [1.165, 1.54) is 12.8 Å². The van der Waals surface area contributed by atoms with Gasteiger partial charge in [-0.1, -0.05) is 12.8 Å². The molecule has 0 spiro atoms. The summed E-state index contributed by atoms with van der Waals surface area (Å²) in [5.74, 6) is 0. The molecule has 1 saturated heterocycles. The maximum atomic E-state index is 10.2. The molecule has 0 aromatic rings. The van der Waals surface area contributed by atoms with Crippen molar-refractivity contribution in [2.45, 2.75) is 31.3 Å². The molecule has 0 aromatic heterocycles. The van der Waals surface area contributed by atoms with Gasteiger partial charge in [0.1, 0.15) is 0 Å². The molecule has 0 aromatic carbocycles.